The fourth-order valence-corrected chi connectivity index (χ4v) is 4.18. The Hall–Kier alpha value is -0.870. The largest absolute Gasteiger partial charge is 0.297 e. The van der Waals surface area contributed by atoms with Crippen LogP contribution in [0, 0.1) is 6.92 Å². The summed E-state index contributed by atoms with van der Waals surface area (Å²) < 4.78 is 29.4. The summed E-state index contributed by atoms with van der Waals surface area (Å²) in [5.74, 6) is 0. The van der Waals surface area contributed by atoms with Crippen molar-refractivity contribution >= 4 is 10.1 Å². The minimum absolute atomic E-state index is 0.286. The molecule has 0 radical (unpaired) electrons. The molecule has 25 heavy (non-hydrogen) atoms. The number of hydrogen-bond donors (Lipinski definition) is 0. The van der Waals surface area contributed by atoms with E-state index in [0.717, 1.165) is 18.4 Å². The minimum atomic E-state index is -3.61. The zero-order valence-electron chi connectivity index (χ0n) is 16.1. The Kier molecular flexibility index (Phi) is 11.8. The Labute approximate surface area is 155 Å². The first-order valence-corrected chi connectivity index (χ1v) is 11.4. The van der Waals surface area contributed by atoms with Crippen LogP contribution in [0.2, 0.25) is 0 Å². The lowest BCUT2D eigenvalue weighted by Crippen LogP contribution is -2.09. The fourth-order valence-electron chi connectivity index (χ4n) is 3.01. The lowest BCUT2D eigenvalue weighted by Gasteiger charge is -2.08. The van der Waals surface area contributed by atoms with E-state index in [-0.39, 0.29) is 11.5 Å². The van der Waals surface area contributed by atoms with Crippen LogP contribution in [0.25, 0.3) is 0 Å². The van der Waals surface area contributed by atoms with Crippen LogP contribution in [0.1, 0.15) is 89.5 Å². The maximum atomic E-state index is 12.1. The lowest BCUT2D eigenvalue weighted by molar-refractivity contribution is 0.306. The van der Waals surface area contributed by atoms with E-state index in [9.17, 15) is 8.42 Å². The van der Waals surface area contributed by atoms with E-state index in [1.807, 2.05) is 6.07 Å². The van der Waals surface area contributed by atoms with Crippen LogP contribution in [-0.4, -0.2) is 15.0 Å². The van der Waals surface area contributed by atoms with Crippen LogP contribution in [0.5, 0.6) is 0 Å². The van der Waals surface area contributed by atoms with Gasteiger partial charge in [0.1, 0.15) is 0 Å². The molecule has 0 amide bonds. The van der Waals surface area contributed by atoms with Gasteiger partial charge in [0.25, 0.3) is 10.1 Å². The number of benzene rings is 1. The maximum Gasteiger partial charge on any atom is 0.297 e. The maximum absolute atomic E-state index is 12.1. The molecule has 3 nitrogen and oxygen atoms in total. The molecular formula is C21H36O3S. The monoisotopic (exact) mass is 368 g/mol. The van der Waals surface area contributed by atoms with Gasteiger partial charge < -0.3 is 0 Å². The molecule has 0 bridgehead atoms. The second-order valence-corrected chi connectivity index (χ2v) is 8.51. The second kappa shape index (κ2) is 13.3. The summed E-state index contributed by atoms with van der Waals surface area (Å²) in [6, 6.07) is 6.96. The van der Waals surface area contributed by atoms with Crippen molar-refractivity contribution in [3.8, 4) is 0 Å². The molecule has 0 atom stereocenters. The van der Waals surface area contributed by atoms with Gasteiger partial charge >= 0.3 is 0 Å². The van der Waals surface area contributed by atoms with E-state index >= 15 is 0 Å². The zero-order valence-corrected chi connectivity index (χ0v) is 17.0. The highest BCUT2D eigenvalue weighted by molar-refractivity contribution is 7.86. The van der Waals surface area contributed by atoms with E-state index in [4.69, 9.17) is 4.18 Å². The lowest BCUT2D eigenvalue weighted by atomic mass is 10.1. The van der Waals surface area contributed by atoms with Crippen molar-refractivity contribution in [3.05, 3.63) is 29.8 Å². The van der Waals surface area contributed by atoms with Crippen LogP contribution < -0.4 is 0 Å². The summed E-state index contributed by atoms with van der Waals surface area (Å²) in [4.78, 5) is 0.286. The Balaban J connectivity index is 1.99. The van der Waals surface area contributed by atoms with Crippen LogP contribution >= 0.6 is 0 Å². The molecule has 0 aliphatic heterocycles. The first-order chi connectivity index (χ1) is 12.1. The molecule has 0 unspecified atom stereocenters. The summed E-state index contributed by atoms with van der Waals surface area (Å²) in [6.07, 6.45) is 15.1. The quantitative estimate of drug-likeness (QED) is 0.266. The Morgan fingerprint density at radius 3 is 1.76 bits per heavy atom. The molecule has 0 saturated heterocycles. The molecule has 0 fully saturated rings. The Morgan fingerprint density at radius 2 is 1.24 bits per heavy atom. The van der Waals surface area contributed by atoms with Gasteiger partial charge in [-0.2, -0.15) is 8.42 Å². The van der Waals surface area contributed by atoms with Crippen molar-refractivity contribution in [1.82, 2.24) is 0 Å². The normalized spacial score (nSPS) is 11.8. The van der Waals surface area contributed by atoms with Gasteiger partial charge in [0.15, 0.2) is 0 Å². The molecular weight excluding hydrogens is 332 g/mol. The molecule has 0 aliphatic carbocycles. The van der Waals surface area contributed by atoms with Gasteiger partial charge in [-0.15, -0.1) is 0 Å². The van der Waals surface area contributed by atoms with Crippen molar-refractivity contribution < 1.29 is 12.6 Å². The smallest absolute Gasteiger partial charge is 0.266 e. The highest BCUT2D eigenvalue weighted by Gasteiger charge is 2.16. The van der Waals surface area contributed by atoms with E-state index in [0.29, 0.717) is 0 Å². The van der Waals surface area contributed by atoms with E-state index in [2.05, 4.69) is 6.92 Å². The first-order valence-electron chi connectivity index (χ1n) is 10.0. The van der Waals surface area contributed by atoms with Gasteiger partial charge in [-0.25, -0.2) is 0 Å². The van der Waals surface area contributed by atoms with Crippen molar-refractivity contribution in [1.29, 1.82) is 0 Å². The van der Waals surface area contributed by atoms with Gasteiger partial charge in [0.05, 0.1) is 11.5 Å². The highest BCUT2D eigenvalue weighted by atomic mass is 32.2. The molecule has 0 N–H and O–H groups in total. The number of aryl methyl sites for hydroxylation is 1. The van der Waals surface area contributed by atoms with Crippen LogP contribution in [0.15, 0.2) is 29.2 Å². The third kappa shape index (κ3) is 10.0. The third-order valence-corrected chi connectivity index (χ3v) is 6.07. The summed E-state index contributed by atoms with van der Waals surface area (Å²) >= 11 is 0. The van der Waals surface area contributed by atoms with Gasteiger partial charge in [0.2, 0.25) is 0 Å². The van der Waals surface area contributed by atoms with Gasteiger partial charge in [-0.05, 0) is 25.0 Å². The molecule has 144 valence electrons. The van der Waals surface area contributed by atoms with Crippen molar-refractivity contribution in [2.75, 3.05) is 6.61 Å². The van der Waals surface area contributed by atoms with E-state index in [1.54, 1.807) is 25.1 Å². The highest BCUT2D eigenvalue weighted by Crippen LogP contribution is 2.17. The standard InChI is InChI=1S/C21H36O3S/c1-3-4-5-6-7-8-9-10-11-12-13-16-19-24-25(22,23)21-18-15-14-17-20(21)2/h14-15,17-18H,3-13,16,19H2,1-2H3. The average molecular weight is 369 g/mol. The van der Waals surface area contributed by atoms with Crippen LogP contribution in [-0.2, 0) is 14.3 Å². The molecule has 1 aromatic carbocycles. The Morgan fingerprint density at radius 1 is 0.760 bits per heavy atom. The molecule has 1 rings (SSSR count). The van der Waals surface area contributed by atoms with Crippen molar-refractivity contribution in [2.45, 2.75) is 95.8 Å². The number of unbranched alkanes of at least 4 members (excludes halogenated alkanes) is 11. The summed E-state index contributed by atoms with van der Waals surface area (Å²) in [5.41, 5.74) is 0.734. The topological polar surface area (TPSA) is 43.4 Å². The molecule has 0 aromatic heterocycles. The van der Waals surface area contributed by atoms with Crippen LogP contribution in [0.3, 0.4) is 0 Å². The average Bonchev–Trinajstić information content (AvgIpc) is 2.59. The first kappa shape index (κ1) is 22.2. The molecule has 1 aromatic rings. The van der Waals surface area contributed by atoms with E-state index in [1.165, 1.54) is 64.2 Å². The number of hydrogen-bond acceptors (Lipinski definition) is 3. The number of rotatable bonds is 15. The SMILES string of the molecule is CCCCCCCCCCCCCCOS(=O)(=O)c1ccccc1C. The molecule has 0 aliphatic rings. The summed E-state index contributed by atoms with van der Waals surface area (Å²) in [7, 11) is -3.61. The fraction of sp³-hybridized carbons (Fsp3) is 0.714. The van der Waals surface area contributed by atoms with Crippen LogP contribution in [0.4, 0.5) is 0 Å². The second-order valence-electron chi connectivity index (χ2n) is 6.93. The van der Waals surface area contributed by atoms with Gasteiger partial charge in [-0.3, -0.25) is 4.18 Å². The molecule has 0 heterocycles. The predicted octanol–water partition coefficient (Wildman–Crippen LogP) is 6.40. The Bertz CT molecular complexity index is 552. The molecule has 4 heteroatoms. The molecule has 0 saturated carbocycles. The van der Waals surface area contributed by atoms with Gasteiger partial charge in [0, 0.05) is 0 Å². The third-order valence-electron chi connectivity index (χ3n) is 4.60. The zero-order chi connectivity index (χ0) is 18.4. The predicted molar refractivity (Wildman–Crippen MR) is 105 cm³/mol. The van der Waals surface area contributed by atoms with E-state index < -0.39 is 10.1 Å². The summed E-state index contributed by atoms with van der Waals surface area (Å²) in [5, 5.41) is 0. The summed E-state index contributed by atoms with van der Waals surface area (Å²) in [6.45, 7) is 4.33. The van der Waals surface area contributed by atoms with Gasteiger partial charge in [-0.1, -0.05) is 95.8 Å². The molecule has 0 spiro atoms. The minimum Gasteiger partial charge on any atom is -0.266 e. The van der Waals surface area contributed by atoms with Crippen molar-refractivity contribution in [2.24, 2.45) is 0 Å². The van der Waals surface area contributed by atoms with Crippen molar-refractivity contribution in [3.63, 3.8) is 0 Å².